The molecule has 0 atom stereocenters. The highest BCUT2D eigenvalue weighted by Crippen LogP contribution is 2.39. The van der Waals surface area contributed by atoms with Crippen molar-refractivity contribution in [2.45, 2.75) is 77.3 Å². The number of nitrogens with one attached hydrogen (secondary N) is 1. The van der Waals surface area contributed by atoms with Crippen molar-refractivity contribution in [3.63, 3.8) is 0 Å². The maximum absolute atomic E-state index is 13.6. The van der Waals surface area contributed by atoms with E-state index in [1.165, 1.54) is 27.8 Å². The van der Waals surface area contributed by atoms with Crippen LogP contribution in [-0.4, -0.2) is 73.1 Å². The van der Waals surface area contributed by atoms with Gasteiger partial charge in [0.25, 0.3) is 11.8 Å². The molecule has 1 aromatic carbocycles. The van der Waals surface area contributed by atoms with Crippen LogP contribution in [0.4, 0.5) is 5.00 Å². The van der Waals surface area contributed by atoms with Gasteiger partial charge in [-0.05, 0) is 69.4 Å². The zero-order chi connectivity index (χ0) is 27.4. The summed E-state index contributed by atoms with van der Waals surface area (Å²) in [5.74, 6) is -0.344. The minimum absolute atomic E-state index is 0.00137. The molecule has 1 aromatic heterocycles. The molecule has 1 fully saturated rings. The molecule has 0 bridgehead atoms. The third kappa shape index (κ3) is 5.98. The Labute approximate surface area is 231 Å². The Kier molecular flexibility index (Phi) is 9.28. The zero-order valence-electron chi connectivity index (χ0n) is 23.0. The fraction of sp³-hybridized carbons (Fsp3) is 0.571. The van der Waals surface area contributed by atoms with Gasteiger partial charge in [-0.3, -0.25) is 14.5 Å². The van der Waals surface area contributed by atoms with Gasteiger partial charge < -0.3 is 10.2 Å². The topological polar surface area (TPSA) is 90.0 Å². The minimum Gasteiger partial charge on any atom is -0.339 e. The second-order valence-corrected chi connectivity index (χ2v) is 13.4. The van der Waals surface area contributed by atoms with E-state index in [1.807, 2.05) is 18.7 Å². The molecular weight excluding hydrogens is 520 g/mol. The summed E-state index contributed by atoms with van der Waals surface area (Å²) in [7, 11) is -3.62. The van der Waals surface area contributed by atoms with Crippen LogP contribution in [0.1, 0.15) is 84.5 Å². The lowest BCUT2D eigenvalue weighted by Gasteiger charge is -2.30. The fourth-order valence-electron chi connectivity index (χ4n) is 5.14. The third-order valence-electron chi connectivity index (χ3n) is 7.52. The maximum atomic E-state index is 13.6. The van der Waals surface area contributed by atoms with Crippen molar-refractivity contribution < 1.29 is 18.0 Å². The van der Waals surface area contributed by atoms with Crippen LogP contribution in [0, 0.1) is 0 Å². The van der Waals surface area contributed by atoms with E-state index in [9.17, 15) is 18.0 Å². The lowest BCUT2D eigenvalue weighted by molar-refractivity contribution is 0.0792. The van der Waals surface area contributed by atoms with Crippen molar-refractivity contribution in [2.75, 3.05) is 38.0 Å². The van der Waals surface area contributed by atoms with Crippen molar-refractivity contribution >= 4 is 38.2 Å². The Hall–Kier alpha value is -2.27. The molecular formula is C28H40N4O4S2. The summed E-state index contributed by atoms with van der Waals surface area (Å²) in [5.41, 5.74) is 2.06. The largest absolute Gasteiger partial charge is 0.339 e. The molecule has 2 aliphatic heterocycles. The molecule has 8 nitrogen and oxygen atoms in total. The number of fused-ring (bicyclic) bond motifs is 1. The molecule has 3 heterocycles. The summed E-state index contributed by atoms with van der Waals surface area (Å²) in [4.78, 5) is 32.4. The SMILES string of the molecule is CCCCN(CC)S(=O)(=O)c1ccc(C(=O)Nc2sc3c(c2C(=O)N2CCCC2)CCN(C(C)C)C3)cc1. The number of unbranched alkanes of at least 4 members (excludes halogenated alkanes) is 1. The summed E-state index contributed by atoms with van der Waals surface area (Å²) >= 11 is 1.49. The van der Waals surface area contributed by atoms with Crippen molar-refractivity contribution in [1.82, 2.24) is 14.1 Å². The van der Waals surface area contributed by atoms with Gasteiger partial charge in [-0.15, -0.1) is 11.3 Å². The molecule has 0 saturated carbocycles. The maximum Gasteiger partial charge on any atom is 0.257 e. The summed E-state index contributed by atoms with van der Waals surface area (Å²) in [5, 5.41) is 3.60. The average molecular weight is 561 g/mol. The summed E-state index contributed by atoms with van der Waals surface area (Å²) in [6.45, 7) is 12.2. The van der Waals surface area contributed by atoms with Gasteiger partial charge in [0.15, 0.2) is 0 Å². The first-order chi connectivity index (χ1) is 18.2. The third-order valence-corrected chi connectivity index (χ3v) is 10.6. The van der Waals surface area contributed by atoms with Crippen LogP contribution in [0.25, 0.3) is 0 Å². The van der Waals surface area contributed by atoms with E-state index in [4.69, 9.17) is 0 Å². The molecule has 208 valence electrons. The number of nitrogens with zero attached hydrogens (tertiary/aromatic N) is 3. The molecule has 2 aromatic rings. The van der Waals surface area contributed by atoms with Gasteiger partial charge in [0.05, 0.1) is 10.5 Å². The number of rotatable bonds is 10. The summed E-state index contributed by atoms with van der Waals surface area (Å²) < 4.78 is 27.6. The number of thiophene rings is 1. The Morgan fingerprint density at radius 3 is 2.37 bits per heavy atom. The van der Waals surface area contributed by atoms with Crippen LogP contribution >= 0.6 is 11.3 Å². The van der Waals surface area contributed by atoms with Crippen LogP contribution in [0.5, 0.6) is 0 Å². The number of anilines is 1. The number of hydrogen-bond acceptors (Lipinski definition) is 6. The van der Waals surface area contributed by atoms with Crippen LogP contribution < -0.4 is 5.32 Å². The van der Waals surface area contributed by atoms with Crippen LogP contribution in [-0.2, 0) is 23.0 Å². The van der Waals surface area contributed by atoms with Gasteiger partial charge in [-0.2, -0.15) is 4.31 Å². The van der Waals surface area contributed by atoms with Crippen LogP contribution in [0.15, 0.2) is 29.2 Å². The number of hydrogen-bond donors (Lipinski definition) is 1. The normalized spacial score (nSPS) is 16.3. The predicted molar refractivity (Wildman–Crippen MR) is 152 cm³/mol. The molecule has 4 rings (SSSR count). The van der Waals surface area contributed by atoms with Gasteiger partial charge in [0, 0.05) is 55.8 Å². The van der Waals surface area contributed by atoms with Crippen LogP contribution in [0.3, 0.4) is 0 Å². The molecule has 10 heteroatoms. The number of amides is 2. The van der Waals surface area contributed by atoms with Gasteiger partial charge in [0.1, 0.15) is 5.00 Å². The Morgan fingerprint density at radius 1 is 1.08 bits per heavy atom. The Morgan fingerprint density at radius 2 is 1.76 bits per heavy atom. The standard InChI is InChI=1S/C28H40N4O4S2/c1-5-7-17-32(6-2)38(35,36)22-12-10-21(11-13-22)26(33)29-27-25(28(34)30-15-8-9-16-30)23-14-18-31(20(3)4)19-24(23)37-27/h10-13,20H,5-9,14-19H2,1-4H3,(H,29,33). The van der Waals surface area contributed by atoms with E-state index in [2.05, 4.69) is 24.1 Å². The predicted octanol–water partition coefficient (Wildman–Crippen LogP) is 4.81. The van der Waals surface area contributed by atoms with E-state index in [-0.39, 0.29) is 16.7 Å². The first kappa shape index (κ1) is 28.7. The Bertz CT molecular complexity index is 1250. The van der Waals surface area contributed by atoms with E-state index in [0.717, 1.165) is 68.7 Å². The lowest BCUT2D eigenvalue weighted by Crippen LogP contribution is -2.36. The molecule has 1 N–H and O–H groups in total. The second kappa shape index (κ2) is 12.3. The van der Waals surface area contributed by atoms with E-state index in [0.29, 0.717) is 35.3 Å². The highest BCUT2D eigenvalue weighted by molar-refractivity contribution is 7.89. The molecule has 0 radical (unpaired) electrons. The first-order valence-electron chi connectivity index (χ1n) is 13.8. The summed E-state index contributed by atoms with van der Waals surface area (Å²) in [6, 6.07) is 6.49. The van der Waals surface area contributed by atoms with E-state index >= 15 is 0 Å². The average Bonchev–Trinajstić information content (AvgIpc) is 3.56. The monoisotopic (exact) mass is 560 g/mol. The zero-order valence-corrected chi connectivity index (χ0v) is 24.6. The molecule has 0 unspecified atom stereocenters. The molecule has 1 saturated heterocycles. The molecule has 0 aliphatic carbocycles. The molecule has 2 aliphatic rings. The fourth-order valence-corrected chi connectivity index (χ4v) is 7.89. The highest BCUT2D eigenvalue weighted by atomic mass is 32.2. The van der Waals surface area contributed by atoms with Gasteiger partial charge in [0.2, 0.25) is 10.0 Å². The molecule has 0 spiro atoms. The molecule has 38 heavy (non-hydrogen) atoms. The van der Waals surface area contributed by atoms with Gasteiger partial charge >= 0.3 is 0 Å². The second-order valence-electron chi connectivity index (χ2n) is 10.4. The van der Waals surface area contributed by atoms with Gasteiger partial charge in [-0.25, -0.2) is 8.42 Å². The number of benzene rings is 1. The number of likely N-dealkylation sites (tertiary alicyclic amines) is 1. The van der Waals surface area contributed by atoms with Crippen molar-refractivity contribution in [2.24, 2.45) is 0 Å². The van der Waals surface area contributed by atoms with Gasteiger partial charge in [-0.1, -0.05) is 20.3 Å². The first-order valence-corrected chi connectivity index (χ1v) is 16.0. The number of sulfonamides is 1. The lowest BCUT2D eigenvalue weighted by atomic mass is 10.0. The van der Waals surface area contributed by atoms with Crippen molar-refractivity contribution in [3.8, 4) is 0 Å². The van der Waals surface area contributed by atoms with Crippen LogP contribution in [0.2, 0.25) is 0 Å². The highest BCUT2D eigenvalue weighted by Gasteiger charge is 2.32. The molecule has 2 amide bonds. The van der Waals surface area contributed by atoms with Crippen molar-refractivity contribution in [1.29, 1.82) is 0 Å². The quantitative estimate of drug-likeness (QED) is 0.450. The number of carbonyl (C=O) groups excluding carboxylic acids is 2. The van der Waals surface area contributed by atoms with E-state index < -0.39 is 10.0 Å². The van der Waals surface area contributed by atoms with E-state index in [1.54, 1.807) is 12.1 Å². The van der Waals surface area contributed by atoms with Crippen molar-refractivity contribution in [3.05, 3.63) is 45.8 Å². The minimum atomic E-state index is -3.62. The summed E-state index contributed by atoms with van der Waals surface area (Å²) in [6.07, 6.45) is 4.50. The Balaban J connectivity index is 1.58. The number of carbonyl (C=O) groups is 2. The smallest absolute Gasteiger partial charge is 0.257 e.